The van der Waals surface area contributed by atoms with Crippen LogP contribution in [0.5, 0.6) is 0 Å². The Labute approximate surface area is 183 Å². The minimum Gasteiger partial charge on any atom is -0.382 e. The van der Waals surface area contributed by atoms with Crippen molar-refractivity contribution in [2.24, 2.45) is 11.3 Å². The molecule has 0 fully saturated rings. The molecule has 1 aromatic rings. The molecular formula is C21H26F3N3O5. The van der Waals surface area contributed by atoms with E-state index in [1.54, 1.807) is 20.8 Å². The number of rotatable bonds is 6. The number of hydrogen-bond acceptors (Lipinski definition) is 5. The average molecular weight is 457 g/mol. The normalized spacial score (nSPS) is 14.3. The standard InChI is InChI=1S/C21H26F3N3O5/c1-20(2,3)16(19(31)25-4)26-17(29)14(15(28)18(30)27-32)7-5-6-12-8-10-13(11-9-12)21(22,23)24/h8-11,14-16,28,32H,7H2,1-4H3,(H,25,31)(H,26,29)(H,27,30)/t14-,15+,16-/m1/s1. The van der Waals surface area contributed by atoms with Crippen LogP contribution >= 0.6 is 0 Å². The second kappa shape index (κ2) is 11.0. The molecule has 8 nitrogen and oxygen atoms in total. The Morgan fingerprint density at radius 3 is 2.03 bits per heavy atom. The number of amides is 3. The zero-order valence-corrected chi connectivity index (χ0v) is 18.0. The number of alkyl halides is 3. The van der Waals surface area contributed by atoms with E-state index in [1.165, 1.54) is 12.5 Å². The Bertz CT molecular complexity index is 883. The molecule has 0 aliphatic rings. The lowest BCUT2D eigenvalue weighted by molar-refractivity contribution is -0.146. The van der Waals surface area contributed by atoms with Gasteiger partial charge in [0.1, 0.15) is 12.1 Å². The quantitative estimate of drug-likeness (QED) is 0.249. The molecule has 11 heteroatoms. The van der Waals surface area contributed by atoms with Crippen LogP contribution in [0.25, 0.3) is 0 Å². The molecule has 32 heavy (non-hydrogen) atoms. The summed E-state index contributed by atoms with van der Waals surface area (Å²) in [6, 6.07) is 2.97. The van der Waals surface area contributed by atoms with E-state index < -0.39 is 52.9 Å². The minimum absolute atomic E-state index is 0.219. The SMILES string of the molecule is CNC(=O)[C@@H](NC(=O)[C@H](CC#Cc1ccc(C(F)(F)F)cc1)[C@H](O)C(=O)NO)C(C)(C)C. The van der Waals surface area contributed by atoms with Gasteiger partial charge in [-0.05, 0) is 29.7 Å². The van der Waals surface area contributed by atoms with Crippen LogP contribution in [0.1, 0.15) is 38.3 Å². The third-order valence-corrected chi connectivity index (χ3v) is 4.52. The summed E-state index contributed by atoms with van der Waals surface area (Å²) in [6.45, 7) is 5.09. The van der Waals surface area contributed by atoms with Crippen molar-refractivity contribution in [2.75, 3.05) is 7.05 Å². The van der Waals surface area contributed by atoms with Gasteiger partial charge in [0, 0.05) is 19.0 Å². The summed E-state index contributed by atoms with van der Waals surface area (Å²) >= 11 is 0. The molecule has 5 N–H and O–H groups in total. The molecule has 0 heterocycles. The van der Waals surface area contributed by atoms with Crippen molar-refractivity contribution in [2.45, 2.75) is 45.5 Å². The number of likely N-dealkylation sites (N-methyl/N-ethyl adjacent to an activating group) is 1. The largest absolute Gasteiger partial charge is 0.416 e. The maximum absolute atomic E-state index is 12.8. The fraction of sp³-hybridized carbons (Fsp3) is 0.476. The highest BCUT2D eigenvalue weighted by Crippen LogP contribution is 2.29. The summed E-state index contributed by atoms with van der Waals surface area (Å²) in [5.74, 6) is 1.00. The molecule has 0 aliphatic heterocycles. The van der Waals surface area contributed by atoms with E-state index in [0.29, 0.717) is 0 Å². The number of aliphatic hydroxyl groups excluding tert-OH is 1. The number of halogens is 3. The van der Waals surface area contributed by atoms with Gasteiger partial charge in [-0.25, -0.2) is 5.48 Å². The Morgan fingerprint density at radius 2 is 1.59 bits per heavy atom. The molecular weight excluding hydrogens is 431 g/mol. The Kier molecular flexibility index (Phi) is 9.23. The number of carbonyl (C=O) groups is 3. The zero-order valence-electron chi connectivity index (χ0n) is 18.0. The molecule has 0 aromatic heterocycles. The summed E-state index contributed by atoms with van der Waals surface area (Å²) in [4.78, 5) is 36.6. The number of aliphatic hydroxyl groups is 1. The molecule has 1 aromatic carbocycles. The number of nitrogens with one attached hydrogen (secondary N) is 3. The van der Waals surface area contributed by atoms with Gasteiger partial charge in [-0.1, -0.05) is 32.6 Å². The predicted octanol–water partition coefficient (Wildman–Crippen LogP) is 1.21. The van der Waals surface area contributed by atoms with Gasteiger partial charge in [0.25, 0.3) is 5.91 Å². The van der Waals surface area contributed by atoms with Crippen LogP contribution in [0, 0.1) is 23.2 Å². The van der Waals surface area contributed by atoms with E-state index in [4.69, 9.17) is 5.21 Å². The summed E-state index contributed by atoms with van der Waals surface area (Å²) < 4.78 is 37.9. The molecule has 0 spiro atoms. The molecule has 0 radical (unpaired) electrons. The molecule has 0 aliphatic carbocycles. The van der Waals surface area contributed by atoms with Gasteiger partial charge in [0.15, 0.2) is 0 Å². The van der Waals surface area contributed by atoms with Gasteiger partial charge in [-0.15, -0.1) is 0 Å². The monoisotopic (exact) mass is 457 g/mol. The van der Waals surface area contributed by atoms with Crippen LogP contribution in [0.4, 0.5) is 13.2 Å². The van der Waals surface area contributed by atoms with Crippen LogP contribution in [-0.2, 0) is 20.6 Å². The maximum Gasteiger partial charge on any atom is 0.416 e. The van der Waals surface area contributed by atoms with Crippen molar-refractivity contribution in [1.82, 2.24) is 16.1 Å². The molecule has 1 rings (SSSR count). The molecule has 0 unspecified atom stereocenters. The summed E-state index contributed by atoms with van der Waals surface area (Å²) in [7, 11) is 1.38. The Morgan fingerprint density at radius 1 is 1.03 bits per heavy atom. The highest BCUT2D eigenvalue weighted by molar-refractivity contribution is 5.92. The molecule has 3 amide bonds. The first kappa shape index (κ1) is 26.9. The van der Waals surface area contributed by atoms with Crippen molar-refractivity contribution in [1.29, 1.82) is 0 Å². The van der Waals surface area contributed by atoms with Gasteiger partial charge in [0.05, 0.1) is 11.5 Å². The third kappa shape index (κ3) is 7.55. The molecule has 0 saturated heterocycles. The van der Waals surface area contributed by atoms with Gasteiger partial charge < -0.3 is 15.7 Å². The minimum atomic E-state index is -4.49. The van der Waals surface area contributed by atoms with Gasteiger partial charge in [-0.2, -0.15) is 13.2 Å². The third-order valence-electron chi connectivity index (χ3n) is 4.52. The summed E-state index contributed by atoms with van der Waals surface area (Å²) in [5, 5.41) is 23.8. The lowest BCUT2D eigenvalue weighted by Crippen LogP contribution is -2.56. The first-order valence-electron chi connectivity index (χ1n) is 9.52. The molecule has 0 bridgehead atoms. The molecule has 0 saturated carbocycles. The van der Waals surface area contributed by atoms with Crippen molar-refractivity contribution in [3.05, 3.63) is 35.4 Å². The van der Waals surface area contributed by atoms with E-state index in [9.17, 15) is 32.7 Å². The van der Waals surface area contributed by atoms with Crippen molar-refractivity contribution in [3.8, 4) is 11.8 Å². The predicted molar refractivity (Wildman–Crippen MR) is 108 cm³/mol. The zero-order chi connectivity index (χ0) is 24.7. The van der Waals surface area contributed by atoms with E-state index in [-0.39, 0.29) is 12.0 Å². The highest BCUT2D eigenvalue weighted by Gasteiger charge is 2.37. The Hall–Kier alpha value is -3.10. The fourth-order valence-electron chi connectivity index (χ4n) is 2.67. The van der Waals surface area contributed by atoms with Gasteiger partial charge >= 0.3 is 6.18 Å². The number of benzene rings is 1. The van der Waals surface area contributed by atoms with Crippen molar-refractivity contribution < 1.29 is 37.9 Å². The van der Waals surface area contributed by atoms with Crippen LogP contribution in [0.3, 0.4) is 0 Å². The lowest BCUT2D eigenvalue weighted by Gasteiger charge is -2.31. The maximum atomic E-state index is 12.8. The van der Waals surface area contributed by atoms with Crippen LogP contribution in [0.2, 0.25) is 0 Å². The molecule has 176 valence electrons. The van der Waals surface area contributed by atoms with E-state index in [0.717, 1.165) is 24.3 Å². The van der Waals surface area contributed by atoms with Crippen LogP contribution in [0.15, 0.2) is 24.3 Å². The highest BCUT2D eigenvalue weighted by atomic mass is 19.4. The summed E-state index contributed by atoms with van der Waals surface area (Å²) in [6.07, 6.45) is -6.87. The van der Waals surface area contributed by atoms with Crippen molar-refractivity contribution >= 4 is 17.7 Å². The van der Waals surface area contributed by atoms with E-state index in [1.807, 2.05) is 0 Å². The van der Waals surface area contributed by atoms with Gasteiger partial charge in [-0.3, -0.25) is 19.6 Å². The first-order chi connectivity index (χ1) is 14.7. The number of hydroxylamine groups is 1. The second-order valence-electron chi connectivity index (χ2n) is 8.03. The van der Waals surface area contributed by atoms with Crippen LogP contribution in [-0.4, -0.2) is 47.2 Å². The average Bonchev–Trinajstić information content (AvgIpc) is 2.72. The number of hydrogen-bond donors (Lipinski definition) is 5. The van der Waals surface area contributed by atoms with E-state index in [2.05, 4.69) is 22.5 Å². The molecule has 3 atom stereocenters. The summed E-state index contributed by atoms with van der Waals surface area (Å²) in [5.41, 5.74) is -0.0994. The fourth-order valence-corrected chi connectivity index (χ4v) is 2.67. The smallest absolute Gasteiger partial charge is 0.382 e. The van der Waals surface area contributed by atoms with E-state index >= 15 is 0 Å². The topological polar surface area (TPSA) is 128 Å². The Balaban J connectivity index is 3.11. The lowest BCUT2D eigenvalue weighted by atomic mass is 9.85. The van der Waals surface area contributed by atoms with Gasteiger partial charge in [0.2, 0.25) is 11.8 Å². The van der Waals surface area contributed by atoms with Crippen molar-refractivity contribution in [3.63, 3.8) is 0 Å². The first-order valence-corrected chi connectivity index (χ1v) is 9.52. The van der Waals surface area contributed by atoms with Crippen LogP contribution < -0.4 is 16.1 Å². The second-order valence-corrected chi connectivity index (χ2v) is 8.03. The number of carbonyl (C=O) groups excluding carboxylic acids is 3.